The van der Waals surface area contributed by atoms with Gasteiger partial charge in [-0.2, -0.15) is 13.2 Å². The van der Waals surface area contributed by atoms with E-state index in [9.17, 15) is 22.7 Å². The van der Waals surface area contributed by atoms with Crippen molar-refractivity contribution in [3.63, 3.8) is 0 Å². The van der Waals surface area contributed by atoms with Crippen LogP contribution in [-0.4, -0.2) is 11.7 Å². The van der Waals surface area contributed by atoms with Crippen LogP contribution < -0.4 is 0 Å². The topological polar surface area (TPSA) is 20.2 Å². The summed E-state index contributed by atoms with van der Waals surface area (Å²) in [6.07, 6.45) is 1.71. The fourth-order valence-corrected chi connectivity index (χ4v) is 2.87. The van der Waals surface area contributed by atoms with Crippen LogP contribution >= 0.6 is 0 Å². The van der Waals surface area contributed by atoms with Crippen molar-refractivity contribution in [2.45, 2.75) is 38.3 Å². The third kappa shape index (κ3) is 4.06. The van der Waals surface area contributed by atoms with E-state index in [0.29, 0.717) is 11.6 Å². The minimum Gasteiger partial charge on any atom is -0.392 e. The molecule has 21 heavy (non-hydrogen) atoms. The first-order valence-electron chi connectivity index (χ1n) is 7.10. The Kier molecular flexibility index (Phi) is 5.04. The molecule has 116 valence electrons. The SMILES string of the molecule is OC/C(=C/c1ccc(F)cc1C(F)(F)F)C1CCCCC1. The summed E-state index contributed by atoms with van der Waals surface area (Å²) in [6.45, 7) is -0.265. The van der Waals surface area contributed by atoms with E-state index in [2.05, 4.69) is 0 Å². The lowest BCUT2D eigenvalue weighted by Crippen LogP contribution is -2.13. The van der Waals surface area contributed by atoms with Crippen LogP contribution in [0.5, 0.6) is 0 Å². The van der Waals surface area contributed by atoms with Crippen molar-refractivity contribution in [3.05, 3.63) is 40.7 Å². The van der Waals surface area contributed by atoms with E-state index in [1.807, 2.05) is 0 Å². The number of alkyl halides is 3. The van der Waals surface area contributed by atoms with Gasteiger partial charge in [-0.25, -0.2) is 4.39 Å². The second kappa shape index (κ2) is 6.60. The van der Waals surface area contributed by atoms with E-state index in [1.54, 1.807) is 0 Å². The van der Waals surface area contributed by atoms with E-state index in [1.165, 1.54) is 6.08 Å². The van der Waals surface area contributed by atoms with Crippen molar-refractivity contribution >= 4 is 6.08 Å². The summed E-state index contributed by atoms with van der Waals surface area (Å²) >= 11 is 0. The van der Waals surface area contributed by atoms with Gasteiger partial charge in [-0.1, -0.05) is 31.4 Å². The van der Waals surface area contributed by atoms with E-state index in [-0.39, 0.29) is 18.1 Å². The van der Waals surface area contributed by atoms with Crippen LogP contribution in [0.25, 0.3) is 6.08 Å². The zero-order chi connectivity index (χ0) is 15.5. The standard InChI is InChI=1S/C16H18F4O/c17-14-7-6-12(15(9-14)16(18,19)20)8-13(10-21)11-4-2-1-3-5-11/h6-9,11,21H,1-5,10H2/b13-8-. The monoisotopic (exact) mass is 302 g/mol. The highest BCUT2D eigenvalue weighted by Crippen LogP contribution is 2.35. The largest absolute Gasteiger partial charge is 0.417 e. The maximum absolute atomic E-state index is 13.1. The zero-order valence-corrected chi connectivity index (χ0v) is 11.6. The molecule has 1 nitrogen and oxygen atoms in total. The number of aliphatic hydroxyl groups excluding tert-OH is 1. The third-order valence-corrected chi connectivity index (χ3v) is 3.97. The third-order valence-electron chi connectivity index (χ3n) is 3.97. The average molecular weight is 302 g/mol. The number of aliphatic hydroxyl groups is 1. The fraction of sp³-hybridized carbons (Fsp3) is 0.500. The predicted octanol–water partition coefficient (Wildman–Crippen LogP) is 4.80. The molecule has 0 saturated heterocycles. The number of halogens is 4. The van der Waals surface area contributed by atoms with Crippen LogP contribution in [0.2, 0.25) is 0 Å². The highest BCUT2D eigenvalue weighted by atomic mass is 19.4. The van der Waals surface area contributed by atoms with Crippen LogP contribution in [-0.2, 0) is 6.18 Å². The van der Waals surface area contributed by atoms with Crippen molar-refractivity contribution in [1.82, 2.24) is 0 Å². The van der Waals surface area contributed by atoms with Crippen LogP contribution in [0.15, 0.2) is 23.8 Å². The Morgan fingerprint density at radius 1 is 1.19 bits per heavy atom. The molecule has 5 heteroatoms. The van der Waals surface area contributed by atoms with E-state index in [0.717, 1.165) is 44.2 Å². The molecule has 1 N–H and O–H groups in total. The van der Waals surface area contributed by atoms with Crippen LogP contribution in [0.3, 0.4) is 0 Å². The molecular weight excluding hydrogens is 284 g/mol. The van der Waals surface area contributed by atoms with Gasteiger partial charge in [0.2, 0.25) is 0 Å². The average Bonchev–Trinajstić information content (AvgIpc) is 2.46. The van der Waals surface area contributed by atoms with E-state index >= 15 is 0 Å². The van der Waals surface area contributed by atoms with Gasteiger partial charge in [0.15, 0.2) is 0 Å². The lowest BCUT2D eigenvalue weighted by Gasteiger charge is -2.24. The van der Waals surface area contributed by atoms with Gasteiger partial charge >= 0.3 is 6.18 Å². The Labute approximate surface area is 121 Å². The number of rotatable bonds is 3. The highest BCUT2D eigenvalue weighted by Gasteiger charge is 2.33. The molecule has 0 bridgehead atoms. The predicted molar refractivity (Wildman–Crippen MR) is 73.0 cm³/mol. The Hall–Kier alpha value is -1.36. The summed E-state index contributed by atoms with van der Waals surface area (Å²) < 4.78 is 52.0. The maximum atomic E-state index is 13.1. The molecule has 1 saturated carbocycles. The summed E-state index contributed by atoms with van der Waals surface area (Å²) in [6, 6.07) is 2.63. The smallest absolute Gasteiger partial charge is 0.392 e. The van der Waals surface area contributed by atoms with Crippen molar-refractivity contribution in [1.29, 1.82) is 0 Å². The molecule has 0 atom stereocenters. The molecule has 1 fully saturated rings. The van der Waals surface area contributed by atoms with Gasteiger partial charge in [-0.15, -0.1) is 0 Å². The van der Waals surface area contributed by atoms with E-state index in [4.69, 9.17) is 0 Å². The molecule has 0 amide bonds. The lowest BCUT2D eigenvalue weighted by molar-refractivity contribution is -0.137. The Morgan fingerprint density at radius 3 is 2.43 bits per heavy atom. The number of hydrogen-bond donors (Lipinski definition) is 1. The van der Waals surface area contributed by atoms with Crippen LogP contribution in [0, 0.1) is 11.7 Å². The summed E-state index contributed by atoms with van der Waals surface area (Å²) in [5.41, 5.74) is -0.477. The molecule has 1 aliphatic carbocycles. The highest BCUT2D eigenvalue weighted by molar-refractivity contribution is 5.58. The van der Waals surface area contributed by atoms with Crippen molar-refractivity contribution in [2.24, 2.45) is 5.92 Å². The van der Waals surface area contributed by atoms with Gasteiger partial charge in [-0.05, 0) is 42.0 Å². The fourth-order valence-electron chi connectivity index (χ4n) is 2.87. The Balaban J connectivity index is 2.37. The molecule has 1 aromatic rings. The molecule has 0 radical (unpaired) electrons. The quantitative estimate of drug-likeness (QED) is 0.795. The van der Waals surface area contributed by atoms with Gasteiger partial charge in [0.05, 0.1) is 12.2 Å². The molecule has 2 rings (SSSR count). The van der Waals surface area contributed by atoms with Crippen molar-refractivity contribution in [3.8, 4) is 0 Å². The lowest BCUT2D eigenvalue weighted by atomic mass is 9.83. The van der Waals surface area contributed by atoms with Gasteiger partial charge in [0, 0.05) is 0 Å². The molecule has 0 heterocycles. The van der Waals surface area contributed by atoms with Crippen LogP contribution in [0.1, 0.15) is 43.2 Å². The summed E-state index contributed by atoms with van der Waals surface area (Å²) in [7, 11) is 0. The minimum absolute atomic E-state index is 0.0847. The molecule has 1 aromatic carbocycles. The Bertz CT molecular complexity index is 513. The number of benzene rings is 1. The molecule has 1 aliphatic rings. The first-order chi connectivity index (χ1) is 9.91. The number of hydrogen-bond acceptors (Lipinski definition) is 1. The zero-order valence-electron chi connectivity index (χ0n) is 11.6. The second-order valence-corrected chi connectivity index (χ2v) is 5.44. The Morgan fingerprint density at radius 2 is 1.86 bits per heavy atom. The molecule has 0 unspecified atom stereocenters. The van der Waals surface area contributed by atoms with Gasteiger partial charge in [-0.3, -0.25) is 0 Å². The molecule has 0 aliphatic heterocycles. The van der Waals surface area contributed by atoms with Gasteiger partial charge in [0.1, 0.15) is 5.82 Å². The second-order valence-electron chi connectivity index (χ2n) is 5.44. The van der Waals surface area contributed by atoms with Crippen molar-refractivity contribution < 1.29 is 22.7 Å². The maximum Gasteiger partial charge on any atom is 0.417 e. The summed E-state index contributed by atoms with van der Waals surface area (Å²) in [4.78, 5) is 0. The van der Waals surface area contributed by atoms with Gasteiger partial charge in [0.25, 0.3) is 0 Å². The molecular formula is C16H18F4O. The first kappa shape index (κ1) is 16.0. The molecule has 0 aromatic heterocycles. The van der Waals surface area contributed by atoms with Gasteiger partial charge < -0.3 is 5.11 Å². The van der Waals surface area contributed by atoms with E-state index < -0.39 is 17.6 Å². The first-order valence-corrected chi connectivity index (χ1v) is 7.10. The molecule has 0 spiro atoms. The minimum atomic E-state index is -4.61. The van der Waals surface area contributed by atoms with Crippen LogP contribution in [0.4, 0.5) is 17.6 Å². The van der Waals surface area contributed by atoms with Crippen molar-refractivity contribution in [2.75, 3.05) is 6.61 Å². The summed E-state index contributed by atoms with van der Waals surface area (Å²) in [5.74, 6) is -0.794. The summed E-state index contributed by atoms with van der Waals surface area (Å²) in [5, 5.41) is 9.46. The normalized spacial score (nSPS) is 18.0.